The van der Waals surface area contributed by atoms with Gasteiger partial charge in [-0.3, -0.25) is 4.90 Å². The quantitative estimate of drug-likeness (QED) is 0.754. The molecule has 76 valence electrons. The summed E-state index contributed by atoms with van der Waals surface area (Å²) in [5.41, 5.74) is 6.55. The Labute approximate surface area is 92.7 Å². The first-order valence-electron chi connectivity index (χ1n) is 4.43. The molecule has 0 saturated carbocycles. The van der Waals surface area contributed by atoms with Crippen LogP contribution in [0.5, 0.6) is 0 Å². The van der Waals surface area contributed by atoms with E-state index in [1.54, 1.807) is 17.3 Å². The minimum absolute atomic E-state index is 0.260. The van der Waals surface area contributed by atoms with Crippen molar-refractivity contribution in [2.24, 2.45) is 5.73 Å². The summed E-state index contributed by atoms with van der Waals surface area (Å²) in [6, 6.07) is 9.61. The minimum atomic E-state index is 0.260. The standard InChI is InChI=1S/C10H10N4S/c11-9(15)14(10-12-6-7-13-10)8-4-2-1-3-5-8/h1-7H,(H2,11,15)(H,12,13). The van der Waals surface area contributed by atoms with E-state index in [1.165, 1.54) is 0 Å². The van der Waals surface area contributed by atoms with Crippen LogP contribution in [-0.2, 0) is 0 Å². The Morgan fingerprint density at radius 3 is 2.60 bits per heavy atom. The molecule has 0 aliphatic heterocycles. The number of imidazole rings is 1. The van der Waals surface area contributed by atoms with Crippen LogP contribution in [0.25, 0.3) is 0 Å². The van der Waals surface area contributed by atoms with Gasteiger partial charge in [-0.2, -0.15) is 0 Å². The first-order chi connectivity index (χ1) is 7.29. The van der Waals surface area contributed by atoms with Crippen LogP contribution in [0.4, 0.5) is 11.6 Å². The molecule has 2 rings (SSSR count). The average molecular weight is 218 g/mol. The van der Waals surface area contributed by atoms with Crippen molar-refractivity contribution in [3.05, 3.63) is 42.7 Å². The van der Waals surface area contributed by atoms with Gasteiger partial charge in [-0.05, 0) is 24.4 Å². The SMILES string of the molecule is NC(=S)N(c1ccccc1)c1ncc[nH]1. The number of rotatable bonds is 2. The van der Waals surface area contributed by atoms with E-state index in [4.69, 9.17) is 18.0 Å². The Balaban J connectivity index is 2.42. The number of nitrogens with two attached hydrogens (primary N) is 1. The number of nitrogens with zero attached hydrogens (tertiary/aromatic N) is 2. The summed E-state index contributed by atoms with van der Waals surface area (Å²) < 4.78 is 0. The van der Waals surface area contributed by atoms with Gasteiger partial charge in [-0.15, -0.1) is 0 Å². The van der Waals surface area contributed by atoms with Crippen molar-refractivity contribution in [2.75, 3.05) is 4.90 Å². The summed E-state index contributed by atoms with van der Waals surface area (Å²) in [6.07, 6.45) is 3.38. The maximum Gasteiger partial charge on any atom is 0.213 e. The summed E-state index contributed by atoms with van der Waals surface area (Å²) in [6.45, 7) is 0. The maximum absolute atomic E-state index is 5.66. The van der Waals surface area contributed by atoms with Gasteiger partial charge >= 0.3 is 0 Å². The molecule has 5 heteroatoms. The van der Waals surface area contributed by atoms with Crippen molar-refractivity contribution in [3.63, 3.8) is 0 Å². The van der Waals surface area contributed by atoms with Crippen LogP contribution in [0.15, 0.2) is 42.7 Å². The highest BCUT2D eigenvalue weighted by atomic mass is 32.1. The lowest BCUT2D eigenvalue weighted by Crippen LogP contribution is -2.31. The Kier molecular flexibility index (Phi) is 2.64. The summed E-state index contributed by atoms with van der Waals surface area (Å²) in [4.78, 5) is 8.76. The van der Waals surface area contributed by atoms with Crippen LogP contribution < -0.4 is 10.6 Å². The molecule has 1 heterocycles. The number of anilines is 2. The normalized spacial score (nSPS) is 9.87. The maximum atomic E-state index is 5.66. The lowest BCUT2D eigenvalue weighted by Gasteiger charge is -2.19. The highest BCUT2D eigenvalue weighted by molar-refractivity contribution is 7.80. The van der Waals surface area contributed by atoms with Crippen LogP contribution in [0, 0.1) is 0 Å². The van der Waals surface area contributed by atoms with Gasteiger partial charge in [0, 0.05) is 12.4 Å². The van der Waals surface area contributed by atoms with E-state index in [-0.39, 0.29) is 5.11 Å². The number of H-pyrrole nitrogens is 1. The van der Waals surface area contributed by atoms with Gasteiger partial charge < -0.3 is 10.7 Å². The second-order valence-corrected chi connectivity index (χ2v) is 3.34. The van der Waals surface area contributed by atoms with Gasteiger partial charge in [0.1, 0.15) is 0 Å². The number of para-hydroxylation sites is 1. The molecule has 3 N–H and O–H groups in total. The Morgan fingerprint density at radius 1 is 1.33 bits per heavy atom. The van der Waals surface area contributed by atoms with Crippen molar-refractivity contribution in [3.8, 4) is 0 Å². The highest BCUT2D eigenvalue weighted by Gasteiger charge is 2.13. The molecule has 0 spiro atoms. The van der Waals surface area contributed by atoms with E-state index in [1.807, 2.05) is 30.3 Å². The van der Waals surface area contributed by atoms with E-state index in [0.717, 1.165) is 5.69 Å². The highest BCUT2D eigenvalue weighted by Crippen LogP contribution is 2.20. The monoisotopic (exact) mass is 218 g/mol. The summed E-state index contributed by atoms with van der Waals surface area (Å²) in [7, 11) is 0. The summed E-state index contributed by atoms with van der Waals surface area (Å²) in [5.74, 6) is 0.619. The predicted molar refractivity (Wildman–Crippen MR) is 64.0 cm³/mol. The average Bonchev–Trinajstić information content (AvgIpc) is 2.72. The zero-order valence-electron chi connectivity index (χ0n) is 7.92. The predicted octanol–water partition coefficient (Wildman–Crippen LogP) is 1.79. The van der Waals surface area contributed by atoms with Crippen LogP contribution in [0.2, 0.25) is 0 Å². The number of hydrogen-bond acceptors (Lipinski definition) is 2. The topological polar surface area (TPSA) is 57.9 Å². The van der Waals surface area contributed by atoms with Crippen molar-refractivity contribution < 1.29 is 0 Å². The molecule has 0 atom stereocenters. The van der Waals surface area contributed by atoms with Crippen LogP contribution >= 0.6 is 12.2 Å². The van der Waals surface area contributed by atoms with E-state index in [0.29, 0.717) is 5.95 Å². The third-order valence-corrected chi connectivity index (χ3v) is 2.11. The van der Waals surface area contributed by atoms with Gasteiger partial charge in [0.2, 0.25) is 5.95 Å². The molecule has 0 fully saturated rings. The molecule has 0 radical (unpaired) electrons. The number of aromatic amines is 1. The lowest BCUT2D eigenvalue weighted by molar-refractivity contribution is 1.18. The van der Waals surface area contributed by atoms with Crippen molar-refractivity contribution in [2.45, 2.75) is 0 Å². The van der Waals surface area contributed by atoms with Crippen LogP contribution in [-0.4, -0.2) is 15.1 Å². The third-order valence-electron chi connectivity index (χ3n) is 1.93. The number of thiocarbonyl (C=S) groups is 1. The Hall–Kier alpha value is -1.88. The first-order valence-corrected chi connectivity index (χ1v) is 4.84. The van der Waals surface area contributed by atoms with Crippen LogP contribution in [0.1, 0.15) is 0 Å². The van der Waals surface area contributed by atoms with Gasteiger partial charge in [0.05, 0.1) is 5.69 Å². The van der Waals surface area contributed by atoms with Gasteiger partial charge in [-0.25, -0.2) is 4.98 Å². The fraction of sp³-hybridized carbons (Fsp3) is 0. The lowest BCUT2D eigenvalue weighted by atomic mass is 10.3. The fourth-order valence-corrected chi connectivity index (χ4v) is 1.50. The van der Waals surface area contributed by atoms with E-state index in [2.05, 4.69) is 9.97 Å². The van der Waals surface area contributed by atoms with E-state index in [9.17, 15) is 0 Å². The molecule has 2 aromatic rings. The molecule has 0 saturated heterocycles. The molecular formula is C10H10N4S. The second kappa shape index (κ2) is 4.10. The molecule has 1 aromatic heterocycles. The smallest absolute Gasteiger partial charge is 0.213 e. The zero-order valence-corrected chi connectivity index (χ0v) is 8.74. The number of nitrogens with one attached hydrogen (secondary N) is 1. The molecule has 0 aliphatic carbocycles. The van der Waals surface area contributed by atoms with E-state index >= 15 is 0 Å². The first kappa shape index (κ1) is 9.67. The van der Waals surface area contributed by atoms with Gasteiger partial charge in [-0.1, -0.05) is 18.2 Å². The molecule has 1 aromatic carbocycles. The molecule has 0 unspecified atom stereocenters. The van der Waals surface area contributed by atoms with Crippen molar-refractivity contribution in [1.82, 2.24) is 9.97 Å². The molecule has 4 nitrogen and oxygen atoms in total. The third kappa shape index (κ3) is 1.97. The summed E-state index contributed by atoms with van der Waals surface area (Å²) in [5, 5.41) is 0.260. The van der Waals surface area contributed by atoms with E-state index < -0.39 is 0 Å². The zero-order chi connectivity index (χ0) is 10.7. The molecular weight excluding hydrogens is 208 g/mol. The largest absolute Gasteiger partial charge is 0.376 e. The second-order valence-electron chi connectivity index (χ2n) is 2.92. The molecule has 15 heavy (non-hydrogen) atoms. The number of benzene rings is 1. The van der Waals surface area contributed by atoms with Gasteiger partial charge in [0.25, 0.3) is 0 Å². The number of aromatic nitrogens is 2. The van der Waals surface area contributed by atoms with Crippen LogP contribution in [0.3, 0.4) is 0 Å². The van der Waals surface area contributed by atoms with Crippen molar-refractivity contribution >= 4 is 29.0 Å². The minimum Gasteiger partial charge on any atom is -0.376 e. The fourth-order valence-electron chi connectivity index (χ4n) is 1.31. The molecule has 0 aliphatic rings. The van der Waals surface area contributed by atoms with Gasteiger partial charge in [0.15, 0.2) is 5.11 Å². The van der Waals surface area contributed by atoms with Crippen molar-refractivity contribution in [1.29, 1.82) is 0 Å². The summed E-state index contributed by atoms with van der Waals surface area (Å²) >= 11 is 4.99. The number of hydrogen-bond donors (Lipinski definition) is 2. The Morgan fingerprint density at radius 2 is 2.07 bits per heavy atom. The molecule has 0 bridgehead atoms. The molecule has 0 amide bonds. The Bertz CT molecular complexity index is 438.